The number of amides is 2. The van der Waals surface area contributed by atoms with Crippen molar-refractivity contribution in [2.45, 2.75) is 32.2 Å². The van der Waals surface area contributed by atoms with Gasteiger partial charge in [0, 0.05) is 44.7 Å². The van der Waals surface area contributed by atoms with Gasteiger partial charge in [0.25, 0.3) is 0 Å². The lowest BCUT2D eigenvalue weighted by molar-refractivity contribution is -0.146. The van der Waals surface area contributed by atoms with Crippen LogP contribution in [-0.4, -0.2) is 47.8 Å². The number of rotatable bonds is 4. The van der Waals surface area contributed by atoms with Crippen LogP contribution in [0.2, 0.25) is 0 Å². The van der Waals surface area contributed by atoms with Crippen LogP contribution in [0, 0.1) is 17.0 Å². The molecular formula is C18H23F2N3O2. The second-order valence-electron chi connectivity index (χ2n) is 6.93. The molecule has 1 aromatic rings. The van der Waals surface area contributed by atoms with Gasteiger partial charge in [0.1, 0.15) is 0 Å². The normalized spacial score (nSPS) is 23.6. The summed E-state index contributed by atoms with van der Waals surface area (Å²) in [7, 11) is 0. The number of likely N-dealkylation sites (tertiary alicyclic amines) is 2. The topological polar surface area (TPSA) is 66.6 Å². The zero-order valence-electron chi connectivity index (χ0n) is 14.1. The van der Waals surface area contributed by atoms with Gasteiger partial charge in [0.15, 0.2) is 11.6 Å². The fourth-order valence-electron chi connectivity index (χ4n) is 3.92. The van der Waals surface area contributed by atoms with E-state index in [9.17, 15) is 18.4 Å². The van der Waals surface area contributed by atoms with Crippen LogP contribution >= 0.6 is 0 Å². The third kappa shape index (κ3) is 3.38. The third-order valence-corrected chi connectivity index (χ3v) is 5.28. The second-order valence-corrected chi connectivity index (χ2v) is 6.93. The zero-order valence-corrected chi connectivity index (χ0v) is 14.1. The van der Waals surface area contributed by atoms with Gasteiger partial charge in [0.2, 0.25) is 11.8 Å². The van der Waals surface area contributed by atoms with E-state index in [0.29, 0.717) is 32.6 Å². The number of halogens is 2. The second kappa shape index (κ2) is 7.07. The van der Waals surface area contributed by atoms with Crippen LogP contribution in [-0.2, 0) is 16.1 Å². The molecule has 25 heavy (non-hydrogen) atoms. The van der Waals surface area contributed by atoms with Crippen molar-refractivity contribution >= 4 is 11.8 Å². The first kappa shape index (κ1) is 17.8. The summed E-state index contributed by atoms with van der Waals surface area (Å²) in [5.74, 6) is -1.90. The Balaban J connectivity index is 1.73. The van der Waals surface area contributed by atoms with E-state index < -0.39 is 17.0 Å². The van der Waals surface area contributed by atoms with Crippen LogP contribution in [0.5, 0.6) is 0 Å². The molecule has 0 radical (unpaired) electrons. The highest BCUT2D eigenvalue weighted by molar-refractivity contribution is 5.86. The monoisotopic (exact) mass is 351 g/mol. The van der Waals surface area contributed by atoms with E-state index in [1.54, 1.807) is 9.80 Å². The van der Waals surface area contributed by atoms with Crippen LogP contribution in [0.15, 0.2) is 18.2 Å². The van der Waals surface area contributed by atoms with E-state index in [-0.39, 0.29) is 30.3 Å². The minimum absolute atomic E-state index is 0.0273. The smallest absolute Gasteiger partial charge is 0.230 e. The van der Waals surface area contributed by atoms with Crippen LogP contribution in [0.25, 0.3) is 0 Å². The van der Waals surface area contributed by atoms with Gasteiger partial charge in [-0.1, -0.05) is 12.1 Å². The predicted octanol–water partition coefficient (Wildman–Crippen LogP) is 1.65. The molecule has 1 atom stereocenters. The first-order chi connectivity index (χ1) is 12.0. The maximum Gasteiger partial charge on any atom is 0.230 e. The van der Waals surface area contributed by atoms with Gasteiger partial charge in [0.05, 0.1) is 5.41 Å². The van der Waals surface area contributed by atoms with Crippen molar-refractivity contribution in [1.82, 2.24) is 9.80 Å². The van der Waals surface area contributed by atoms with E-state index >= 15 is 0 Å². The maximum absolute atomic E-state index is 13.9. The summed E-state index contributed by atoms with van der Waals surface area (Å²) >= 11 is 0. The molecule has 2 amide bonds. The average molecular weight is 351 g/mol. The Morgan fingerprint density at radius 1 is 1.24 bits per heavy atom. The van der Waals surface area contributed by atoms with Gasteiger partial charge < -0.3 is 15.5 Å². The highest BCUT2D eigenvalue weighted by Gasteiger charge is 2.49. The fourth-order valence-corrected chi connectivity index (χ4v) is 3.92. The first-order valence-corrected chi connectivity index (χ1v) is 8.67. The van der Waals surface area contributed by atoms with Gasteiger partial charge in [-0.3, -0.25) is 9.59 Å². The third-order valence-electron chi connectivity index (χ3n) is 5.28. The first-order valence-electron chi connectivity index (χ1n) is 8.67. The highest BCUT2D eigenvalue weighted by atomic mass is 19.2. The number of benzene rings is 1. The Bertz CT molecular complexity index is 682. The van der Waals surface area contributed by atoms with Crippen molar-refractivity contribution < 1.29 is 18.4 Å². The van der Waals surface area contributed by atoms with Gasteiger partial charge >= 0.3 is 0 Å². The molecule has 3 rings (SSSR count). The van der Waals surface area contributed by atoms with Crippen molar-refractivity contribution in [1.29, 1.82) is 0 Å². The number of hydrogen-bond donors (Lipinski definition) is 1. The Labute approximate surface area is 145 Å². The number of hydrogen-bond acceptors (Lipinski definition) is 3. The molecule has 1 spiro atoms. The molecule has 2 heterocycles. The molecule has 7 heteroatoms. The van der Waals surface area contributed by atoms with Crippen molar-refractivity contribution in [2.24, 2.45) is 11.1 Å². The maximum atomic E-state index is 13.9. The Kier molecular flexibility index (Phi) is 5.03. The summed E-state index contributed by atoms with van der Waals surface area (Å²) < 4.78 is 27.3. The van der Waals surface area contributed by atoms with Crippen molar-refractivity contribution in [2.75, 3.05) is 26.2 Å². The molecule has 0 aromatic heterocycles. The predicted molar refractivity (Wildman–Crippen MR) is 88.3 cm³/mol. The molecule has 2 aliphatic heterocycles. The molecule has 2 fully saturated rings. The number of nitrogens with two attached hydrogens (primary N) is 1. The minimum Gasteiger partial charge on any atom is -0.342 e. The molecule has 2 N–H and O–H groups in total. The summed E-state index contributed by atoms with van der Waals surface area (Å²) in [5.41, 5.74) is 5.03. The lowest BCUT2D eigenvalue weighted by atomic mass is 9.78. The lowest BCUT2D eigenvalue weighted by Gasteiger charge is -2.39. The lowest BCUT2D eigenvalue weighted by Crippen LogP contribution is -2.50. The summed E-state index contributed by atoms with van der Waals surface area (Å²) in [5, 5.41) is 0. The number of nitrogens with zero attached hydrogens (tertiary/aromatic N) is 2. The number of carbonyl (C=O) groups is 2. The molecule has 0 aliphatic carbocycles. The average Bonchev–Trinajstić information content (AvgIpc) is 3.02. The summed E-state index contributed by atoms with van der Waals surface area (Å²) in [6, 6.07) is 4.01. The molecular weight excluding hydrogens is 328 g/mol. The fraction of sp³-hybridized carbons (Fsp3) is 0.556. The van der Waals surface area contributed by atoms with E-state index in [0.717, 1.165) is 18.9 Å². The minimum atomic E-state index is -0.906. The SMILES string of the molecule is NCCC(=O)N1CC[C@@]2(CCCN(Cc3cccc(F)c3F)C2=O)C1. The molecule has 0 unspecified atom stereocenters. The van der Waals surface area contributed by atoms with E-state index in [1.165, 1.54) is 12.1 Å². The summed E-state index contributed by atoms with van der Waals surface area (Å²) in [6.07, 6.45) is 2.41. The molecule has 0 saturated carbocycles. The van der Waals surface area contributed by atoms with Crippen molar-refractivity contribution in [3.63, 3.8) is 0 Å². The Morgan fingerprint density at radius 2 is 2.04 bits per heavy atom. The van der Waals surface area contributed by atoms with Crippen molar-refractivity contribution in [3.8, 4) is 0 Å². The summed E-state index contributed by atoms with van der Waals surface area (Å²) in [4.78, 5) is 28.4. The molecule has 2 saturated heterocycles. The van der Waals surface area contributed by atoms with Gasteiger partial charge in [-0.2, -0.15) is 0 Å². The number of carbonyl (C=O) groups excluding carboxylic acids is 2. The van der Waals surface area contributed by atoms with Crippen LogP contribution < -0.4 is 5.73 Å². The molecule has 0 bridgehead atoms. The zero-order chi connectivity index (χ0) is 18.0. The van der Waals surface area contributed by atoms with Crippen molar-refractivity contribution in [3.05, 3.63) is 35.4 Å². The van der Waals surface area contributed by atoms with Crippen LogP contribution in [0.1, 0.15) is 31.2 Å². The molecule has 1 aromatic carbocycles. The Morgan fingerprint density at radius 3 is 2.80 bits per heavy atom. The van der Waals surface area contributed by atoms with Crippen LogP contribution in [0.3, 0.4) is 0 Å². The van der Waals surface area contributed by atoms with Gasteiger partial charge in [-0.25, -0.2) is 8.78 Å². The highest BCUT2D eigenvalue weighted by Crippen LogP contribution is 2.40. The van der Waals surface area contributed by atoms with E-state index in [1.807, 2.05) is 0 Å². The molecule has 2 aliphatic rings. The van der Waals surface area contributed by atoms with Crippen LogP contribution in [0.4, 0.5) is 8.78 Å². The number of piperidine rings is 1. The van der Waals surface area contributed by atoms with Gasteiger partial charge in [-0.15, -0.1) is 0 Å². The largest absolute Gasteiger partial charge is 0.342 e. The van der Waals surface area contributed by atoms with E-state index in [2.05, 4.69) is 0 Å². The van der Waals surface area contributed by atoms with Gasteiger partial charge in [-0.05, 0) is 25.3 Å². The quantitative estimate of drug-likeness (QED) is 0.897. The van der Waals surface area contributed by atoms with E-state index in [4.69, 9.17) is 5.73 Å². The molecule has 136 valence electrons. The summed E-state index contributed by atoms with van der Waals surface area (Å²) in [6.45, 7) is 1.81. The molecule has 5 nitrogen and oxygen atoms in total. The standard InChI is InChI=1S/C18H23F2N3O2/c19-14-4-1-3-13(16(14)20)11-22-9-2-6-18(17(22)25)7-10-23(12-18)15(24)5-8-21/h1,3-4H,2,5-12,21H2/t18-/m0/s1. The Hall–Kier alpha value is -2.02.